The van der Waals surface area contributed by atoms with E-state index in [9.17, 15) is 0 Å². The molecule has 1 aromatic heterocycles. The van der Waals surface area contributed by atoms with Gasteiger partial charge in [-0.2, -0.15) is 5.10 Å². The van der Waals surface area contributed by atoms with Crippen molar-refractivity contribution in [2.75, 3.05) is 5.33 Å². The van der Waals surface area contributed by atoms with E-state index in [1.807, 2.05) is 6.92 Å². The first-order valence-corrected chi connectivity index (χ1v) is 8.87. The zero-order chi connectivity index (χ0) is 13.6. The third-order valence-corrected chi connectivity index (χ3v) is 6.95. The maximum Gasteiger partial charge on any atom is 0.0847 e. The van der Waals surface area contributed by atoms with E-state index in [0.717, 1.165) is 40.8 Å². The van der Waals surface area contributed by atoms with Gasteiger partial charge in [0.05, 0.1) is 16.4 Å². The Hall–Kier alpha value is -0.0200. The van der Waals surface area contributed by atoms with Crippen LogP contribution in [0.5, 0.6) is 0 Å². The second-order valence-corrected chi connectivity index (χ2v) is 7.35. The Morgan fingerprint density at radius 3 is 2.79 bits per heavy atom. The van der Waals surface area contributed by atoms with Gasteiger partial charge in [0.25, 0.3) is 0 Å². The van der Waals surface area contributed by atoms with Crippen LogP contribution in [0, 0.1) is 24.2 Å². The van der Waals surface area contributed by atoms with Crippen molar-refractivity contribution >= 4 is 27.5 Å². The summed E-state index contributed by atoms with van der Waals surface area (Å²) in [6.07, 6.45) is 6.74. The lowest BCUT2D eigenvalue weighted by Gasteiger charge is -2.36. The third kappa shape index (κ3) is 2.17. The van der Waals surface area contributed by atoms with E-state index in [2.05, 4.69) is 32.6 Å². The van der Waals surface area contributed by atoms with Crippen LogP contribution in [0.15, 0.2) is 0 Å². The molecule has 3 atom stereocenters. The molecular weight excluding hydrogens is 324 g/mol. The van der Waals surface area contributed by atoms with E-state index < -0.39 is 0 Å². The summed E-state index contributed by atoms with van der Waals surface area (Å²) in [5, 5.41) is 6.56. The minimum Gasteiger partial charge on any atom is -0.268 e. The summed E-state index contributed by atoms with van der Waals surface area (Å²) in [6.45, 7) is 5.07. The molecule has 106 valence electrons. The molecule has 3 unspecified atom stereocenters. The summed E-state index contributed by atoms with van der Waals surface area (Å²) in [4.78, 5) is 0. The number of hydrogen-bond donors (Lipinski definition) is 0. The van der Waals surface area contributed by atoms with E-state index in [1.165, 1.54) is 31.4 Å². The SMILES string of the molecule is CCn1nc(C)c(Cl)c1CC1(CBr)CC2CCC1C2. The van der Waals surface area contributed by atoms with Gasteiger partial charge in [-0.3, -0.25) is 4.68 Å². The maximum absolute atomic E-state index is 6.49. The van der Waals surface area contributed by atoms with Crippen LogP contribution < -0.4 is 0 Å². The molecule has 2 nitrogen and oxygen atoms in total. The van der Waals surface area contributed by atoms with Gasteiger partial charge in [0.2, 0.25) is 0 Å². The molecular formula is C15H22BrClN2. The van der Waals surface area contributed by atoms with E-state index >= 15 is 0 Å². The summed E-state index contributed by atoms with van der Waals surface area (Å²) in [7, 11) is 0. The highest BCUT2D eigenvalue weighted by Gasteiger charge is 2.50. The Bertz CT molecular complexity index is 485. The first-order chi connectivity index (χ1) is 9.09. The zero-order valence-corrected chi connectivity index (χ0v) is 14.1. The largest absolute Gasteiger partial charge is 0.268 e. The predicted octanol–water partition coefficient (Wildman–Crippen LogP) is 4.61. The van der Waals surface area contributed by atoms with E-state index in [4.69, 9.17) is 11.6 Å². The van der Waals surface area contributed by atoms with Crippen LogP contribution in [0.4, 0.5) is 0 Å². The first kappa shape index (κ1) is 13.9. The molecule has 2 aliphatic rings. The van der Waals surface area contributed by atoms with Crippen molar-refractivity contribution in [3.8, 4) is 0 Å². The lowest BCUT2D eigenvalue weighted by Crippen LogP contribution is -2.33. The second kappa shape index (κ2) is 5.07. The summed E-state index contributed by atoms with van der Waals surface area (Å²) >= 11 is 10.3. The standard InChI is InChI=1S/C15H22BrClN2/c1-3-19-13(14(17)10(2)18-19)8-15(9-16)7-11-4-5-12(15)6-11/h11-12H,3-9H2,1-2H3. The van der Waals surface area contributed by atoms with Crippen molar-refractivity contribution in [2.24, 2.45) is 17.3 Å². The van der Waals surface area contributed by atoms with E-state index in [-0.39, 0.29) is 0 Å². The topological polar surface area (TPSA) is 17.8 Å². The predicted molar refractivity (Wildman–Crippen MR) is 83.0 cm³/mol. The van der Waals surface area contributed by atoms with E-state index in [0.29, 0.717) is 5.41 Å². The van der Waals surface area contributed by atoms with E-state index in [1.54, 1.807) is 0 Å². The van der Waals surface area contributed by atoms with Gasteiger partial charge in [-0.15, -0.1) is 0 Å². The highest BCUT2D eigenvalue weighted by molar-refractivity contribution is 9.09. The highest BCUT2D eigenvalue weighted by Crippen LogP contribution is 2.58. The van der Waals surface area contributed by atoms with Gasteiger partial charge < -0.3 is 0 Å². The summed E-state index contributed by atoms with van der Waals surface area (Å²) in [5.41, 5.74) is 2.66. The highest BCUT2D eigenvalue weighted by atomic mass is 79.9. The summed E-state index contributed by atoms with van der Waals surface area (Å²) in [6, 6.07) is 0. The summed E-state index contributed by atoms with van der Waals surface area (Å²) < 4.78 is 2.11. The van der Waals surface area contributed by atoms with Crippen molar-refractivity contribution < 1.29 is 0 Å². The molecule has 0 spiro atoms. The van der Waals surface area contributed by atoms with Crippen molar-refractivity contribution in [2.45, 2.75) is 52.5 Å². The van der Waals surface area contributed by atoms with Crippen LogP contribution in [0.1, 0.15) is 44.0 Å². The number of aryl methyl sites for hydroxylation is 2. The van der Waals surface area contributed by atoms with Gasteiger partial charge in [0, 0.05) is 11.9 Å². The van der Waals surface area contributed by atoms with Gasteiger partial charge in [0.1, 0.15) is 0 Å². The first-order valence-electron chi connectivity index (χ1n) is 7.37. The average molecular weight is 346 g/mol. The van der Waals surface area contributed by atoms with Crippen molar-refractivity contribution in [1.29, 1.82) is 0 Å². The number of alkyl halides is 1. The van der Waals surface area contributed by atoms with Crippen molar-refractivity contribution in [1.82, 2.24) is 9.78 Å². The number of halogens is 2. The van der Waals surface area contributed by atoms with Crippen LogP contribution in [0.2, 0.25) is 5.02 Å². The lowest BCUT2D eigenvalue weighted by molar-refractivity contribution is 0.192. The Balaban J connectivity index is 1.92. The lowest BCUT2D eigenvalue weighted by atomic mass is 9.71. The molecule has 0 saturated heterocycles. The van der Waals surface area contributed by atoms with Crippen LogP contribution in [0.3, 0.4) is 0 Å². The molecule has 2 saturated carbocycles. The Labute approximate surface area is 129 Å². The Morgan fingerprint density at radius 1 is 1.47 bits per heavy atom. The van der Waals surface area contributed by atoms with Crippen LogP contribution in [0.25, 0.3) is 0 Å². The fourth-order valence-electron chi connectivity index (χ4n) is 4.36. The molecule has 0 aromatic carbocycles. The van der Waals surface area contributed by atoms with Crippen LogP contribution >= 0.6 is 27.5 Å². The Morgan fingerprint density at radius 2 is 2.26 bits per heavy atom. The number of rotatable bonds is 4. The van der Waals surface area contributed by atoms with Crippen LogP contribution in [-0.2, 0) is 13.0 Å². The smallest absolute Gasteiger partial charge is 0.0847 e. The Kier molecular flexibility index (Phi) is 3.72. The van der Waals surface area contributed by atoms with Gasteiger partial charge in [-0.25, -0.2) is 0 Å². The third-order valence-electron chi connectivity index (χ3n) is 5.34. The van der Waals surface area contributed by atoms with Gasteiger partial charge in [-0.1, -0.05) is 34.0 Å². The zero-order valence-electron chi connectivity index (χ0n) is 11.8. The summed E-state index contributed by atoms with van der Waals surface area (Å²) in [5.74, 6) is 1.84. The van der Waals surface area contributed by atoms with Crippen molar-refractivity contribution in [3.63, 3.8) is 0 Å². The van der Waals surface area contributed by atoms with Gasteiger partial charge in [0.15, 0.2) is 0 Å². The second-order valence-electron chi connectivity index (χ2n) is 6.41. The number of hydrogen-bond acceptors (Lipinski definition) is 1. The van der Waals surface area contributed by atoms with Crippen molar-refractivity contribution in [3.05, 3.63) is 16.4 Å². The molecule has 3 rings (SSSR count). The monoisotopic (exact) mass is 344 g/mol. The molecule has 1 aromatic rings. The van der Waals surface area contributed by atoms with Gasteiger partial charge >= 0.3 is 0 Å². The molecule has 2 aliphatic carbocycles. The molecule has 4 heteroatoms. The van der Waals surface area contributed by atoms with Gasteiger partial charge in [-0.05, 0) is 56.8 Å². The molecule has 1 heterocycles. The number of aromatic nitrogens is 2. The molecule has 0 aliphatic heterocycles. The molecule has 0 N–H and O–H groups in total. The van der Waals surface area contributed by atoms with Crippen LogP contribution in [-0.4, -0.2) is 15.1 Å². The minimum atomic E-state index is 0.423. The maximum atomic E-state index is 6.49. The quantitative estimate of drug-likeness (QED) is 0.729. The molecule has 0 radical (unpaired) electrons. The molecule has 2 fully saturated rings. The minimum absolute atomic E-state index is 0.423. The fourth-order valence-corrected chi connectivity index (χ4v) is 5.44. The fraction of sp³-hybridized carbons (Fsp3) is 0.800. The average Bonchev–Trinajstić information content (AvgIpc) is 3.08. The number of nitrogens with zero attached hydrogens (tertiary/aromatic N) is 2. The molecule has 0 amide bonds. The molecule has 19 heavy (non-hydrogen) atoms. The number of fused-ring (bicyclic) bond motifs is 2. The molecule has 2 bridgehead atoms. The normalized spacial score (nSPS) is 33.3.